The fourth-order valence-electron chi connectivity index (χ4n) is 3.62. The quantitative estimate of drug-likeness (QED) is 0.850. The summed E-state index contributed by atoms with van der Waals surface area (Å²) in [6.07, 6.45) is 9.10. The molecule has 0 bridgehead atoms. The molecule has 1 heterocycles. The van der Waals surface area contributed by atoms with Crippen molar-refractivity contribution in [3.05, 3.63) is 47.5 Å². The Morgan fingerprint density at radius 1 is 1.10 bits per heavy atom. The number of piperidine rings is 1. The molecule has 0 spiro atoms. The monoisotopic (exact) mass is 271 g/mol. The van der Waals surface area contributed by atoms with Crippen LogP contribution in [-0.4, -0.2) is 28.7 Å². The van der Waals surface area contributed by atoms with E-state index in [0.29, 0.717) is 0 Å². The van der Waals surface area contributed by atoms with Gasteiger partial charge in [0.15, 0.2) is 0 Å². The summed E-state index contributed by atoms with van der Waals surface area (Å²) in [5.74, 6) is 0. The van der Waals surface area contributed by atoms with Crippen LogP contribution in [0, 0.1) is 0 Å². The zero-order chi connectivity index (χ0) is 13.8. The van der Waals surface area contributed by atoms with Crippen molar-refractivity contribution in [1.82, 2.24) is 4.90 Å². The van der Waals surface area contributed by atoms with E-state index in [1.807, 2.05) is 0 Å². The van der Waals surface area contributed by atoms with E-state index in [4.69, 9.17) is 0 Å². The lowest BCUT2D eigenvalue weighted by Gasteiger charge is -2.41. The van der Waals surface area contributed by atoms with Crippen LogP contribution in [-0.2, 0) is 6.54 Å². The Balaban J connectivity index is 1.68. The molecule has 2 aliphatic rings. The van der Waals surface area contributed by atoms with Gasteiger partial charge in [-0.15, -0.1) is 0 Å². The second-order valence-electron chi connectivity index (χ2n) is 6.31. The molecule has 1 N–H and O–H groups in total. The number of rotatable bonds is 3. The second-order valence-corrected chi connectivity index (χ2v) is 6.31. The zero-order valence-corrected chi connectivity index (χ0v) is 12.2. The van der Waals surface area contributed by atoms with E-state index in [1.165, 1.54) is 24.0 Å². The van der Waals surface area contributed by atoms with Gasteiger partial charge in [0.2, 0.25) is 0 Å². The third-order valence-corrected chi connectivity index (χ3v) is 4.69. The summed E-state index contributed by atoms with van der Waals surface area (Å²) < 4.78 is 0. The van der Waals surface area contributed by atoms with Crippen molar-refractivity contribution >= 4 is 0 Å². The van der Waals surface area contributed by atoms with Crippen molar-refractivity contribution in [2.24, 2.45) is 0 Å². The van der Waals surface area contributed by atoms with E-state index >= 15 is 0 Å². The van der Waals surface area contributed by atoms with Gasteiger partial charge in [-0.3, -0.25) is 4.90 Å². The molecule has 0 radical (unpaired) electrons. The highest BCUT2D eigenvalue weighted by molar-refractivity contribution is 5.21. The largest absolute Gasteiger partial charge is 0.384 e. The van der Waals surface area contributed by atoms with Gasteiger partial charge in [0.1, 0.15) is 0 Å². The van der Waals surface area contributed by atoms with E-state index in [1.54, 1.807) is 0 Å². The summed E-state index contributed by atoms with van der Waals surface area (Å²) in [6, 6.07) is 10.6. The van der Waals surface area contributed by atoms with Gasteiger partial charge in [-0.25, -0.2) is 0 Å². The zero-order valence-electron chi connectivity index (χ0n) is 12.2. The third-order valence-electron chi connectivity index (χ3n) is 4.69. The maximum absolute atomic E-state index is 11.0. The van der Waals surface area contributed by atoms with Gasteiger partial charge in [-0.1, -0.05) is 36.4 Å². The van der Waals surface area contributed by atoms with Gasteiger partial charge in [0.25, 0.3) is 0 Å². The normalized spacial score (nSPS) is 28.1. The second kappa shape index (κ2) is 6.11. The van der Waals surface area contributed by atoms with Crippen molar-refractivity contribution in [2.45, 2.75) is 50.7 Å². The molecule has 2 heteroatoms. The number of benzene rings is 1. The molecule has 1 aromatic rings. The SMILES string of the molecule is OC1(C2=CCCCC2)CCCN(Cc2ccccc2)C1. The van der Waals surface area contributed by atoms with Crippen molar-refractivity contribution in [1.29, 1.82) is 0 Å². The molecule has 1 atom stereocenters. The summed E-state index contributed by atoms with van der Waals surface area (Å²) in [4.78, 5) is 2.41. The molecular formula is C18H25NO. The summed E-state index contributed by atoms with van der Waals surface area (Å²) in [5.41, 5.74) is 2.09. The molecule has 0 saturated carbocycles. The average molecular weight is 271 g/mol. The van der Waals surface area contributed by atoms with Crippen LogP contribution >= 0.6 is 0 Å². The smallest absolute Gasteiger partial charge is 0.0983 e. The number of hydrogen-bond acceptors (Lipinski definition) is 2. The van der Waals surface area contributed by atoms with E-state index in [-0.39, 0.29) is 0 Å². The highest BCUT2D eigenvalue weighted by atomic mass is 16.3. The fourth-order valence-corrected chi connectivity index (χ4v) is 3.62. The molecule has 1 unspecified atom stereocenters. The lowest BCUT2D eigenvalue weighted by Crippen LogP contribution is -2.49. The minimum atomic E-state index is -0.562. The fraction of sp³-hybridized carbons (Fsp3) is 0.556. The minimum absolute atomic E-state index is 0.562. The Morgan fingerprint density at radius 3 is 2.70 bits per heavy atom. The minimum Gasteiger partial charge on any atom is -0.384 e. The maximum Gasteiger partial charge on any atom is 0.0983 e. The van der Waals surface area contributed by atoms with E-state index in [0.717, 1.165) is 45.3 Å². The molecule has 0 aromatic heterocycles. The van der Waals surface area contributed by atoms with Crippen LogP contribution in [0.3, 0.4) is 0 Å². The molecule has 108 valence electrons. The maximum atomic E-state index is 11.0. The summed E-state index contributed by atoms with van der Waals surface area (Å²) in [6.45, 7) is 2.86. The summed E-state index contributed by atoms with van der Waals surface area (Å²) in [7, 11) is 0. The third kappa shape index (κ3) is 3.13. The predicted octanol–water partition coefficient (Wildman–Crippen LogP) is 3.51. The number of nitrogens with zero attached hydrogens (tertiary/aromatic N) is 1. The van der Waals surface area contributed by atoms with Gasteiger partial charge >= 0.3 is 0 Å². The average Bonchev–Trinajstić information content (AvgIpc) is 2.49. The molecule has 1 fully saturated rings. The van der Waals surface area contributed by atoms with Crippen LogP contribution < -0.4 is 0 Å². The van der Waals surface area contributed by atoms with Gasteiger partial charge < -0.3 is 5.11 Å². The van der Waals surface area contributed by atoms with Crippen LogP contribution in [0.25, 0.3) is 0 Å². The number of β-amino-alcohol motifs (C(OH)–C–C–N with tert-alkyl or cyclic N) is 1. The van der Waals surface area contributed by atoms with Gasteiger partial charge in [-0.05, 0) is 56.2 Å². The van der Waals surface area contributed by atoms with Gasteiger partial charge in [-0.2, -0.15) is 0 Å². The Hall–Kier alpha value is -1.12. The number of hydrogen-bond donors (Lipinski definition) is 1. The molecule has 3 rings (SSSR count). The molecule has 1 aliphatic carbocycles. The molecule has 20 heavy (non-hydrogen) atoms. The van der Waals surface area contributed by atoms with E-state index in [2.05, 4.69) is 41.3 Å². The van der Waals surface area contributed by atoms with Crippen molar-refractivity contribution in [2.75, 3.05) is 13.1 Å². The summed E-state index contributed by atoms with van der Waals surface area (Å²) >= 11 is 0. The van der Waals surface area contributed by atoms with Crippen molar-refractivity contribution in [3.63, 3.8) is 0 Å². The van der Waals surface area contributed by atoms with Crippen LogP contribution in [0.2, 0.25) is 0 Å². The number of allylic oxidation sites excluding steroid dienone is 1. The van der Waals surface area contributed by atoms with Crippen molar-refractivity contribution in [3.8, 4) is 0 Å². The van der Waals surface area contributed by atoms with Crippen LogP contribution in [0.5, 0.6) is 0 Å². The van der Waals surface area contributed by atoms with Crippen LogP contribution in [0.1, 0.15) is 44.1 Å². The Kier molecular flexibility index (Phi) is 4.23. The topological polar surface area (TPSA) is 23.5 Å². The Labute approximate surface area is 122 Å². The molecule has 0 amide bonds. The lowest BCUT2D eigenvalue weighted by molar-refractivity contribution is -0.00741. The lowest BCUT2D eigenvalue weighted by atomic mass is 9.80. The molecule has 2 nitrogen and oxygen atoms in total. The first-order chi connectivity index (χ1) is 9.76. The molecule has 1 saturated heterocycles. The van der Waals surface area contributed by atoms with E-state index < -0.39 is 5.60 Å². The highest BCUT2D eigenvalue weighted by Gasteiger charge is 2.36. The Bertz CT molecular complexity index is 468. The van der Waals surface area contributed by atoms with Crippen LogP contribution in [0.4, 0.5) is 0 Å². The standard InChI is InChI=1S/C18H25NO/c20-18(17-10-5-2-6-11-17)12-7-13-19(15-18)14-16-8-3-1-4-9-16/h1,3-4,8-10,20H,2,5-7,11-15H2. The first-order valence-corrected chi connectivity index (χ1v) is 7.94. The van der Waals surface area contributed by atoms with Gasteiger partial charge in [0.05, 0.1) is 5.60 Å². The number of likely N-dealkylation sites (tertiary alicyclic amines) is 1. The number of aliphatic hydroxyl groups is 1. The van der Waals surface area contributed by atoms with E-state index in [9.17, 15) is 5.11 Å². The molecule has 1 aliphatic heterocycles. The van der Waals surface area contributed by atoms with Crippen LogP contribution in [0.15, 0.2) is 42.0 Å². The summed E-state index contributed by atoms with van der Waals surface area (Å²) in [5, 5.41) is 11.0. The highest BCUT2D eigenvalue weighted by Crippen LogP contribution is 2.34. The predicted molar refractivity (Wildman–Crippen MR) is 82.5 cm³/mol. The molecular weight excluding hydrogens is 246 g/mol. The molecule has 1 aromatic carbocycles. The Morgan fingerprint density at radius 2 is 1.95 bits per heavy atom. The van der Waals surface area contributed by atoms with Gasteiger partial charge in [0, 0.05) is 13.1 Å². The first kappa shape index (κ1) is 13.8. The van der Waals surface area contributed by atoms with Crippen molar-refractivity contribution < 1.29 is 5.11 Å². The first-order valence-electron chi connectivity index (χ1n) is 7.94.